The Balaban J connectivity index is 1.94. The zero-order valence-corrected chi connectivity index (χ0v) is 13.6. The summed E-state index contributed by atoms with van der Waals surface area (Å²) < 4.78 is 12.3. The minimum Gasteiger partial charge on any atom is -0.453 e. The Morgan fingerprint density at radius 3 is 2.65 bits per heavy atom. The maximum Gasteiger partial charge on any atom is 0.231 e. The van der Waals surface area contributed by atoms with E-state index in [4.69, 9.17) is 9.47 Å². The van der Waals surface area contributed by atoms with E-state index in [2.05, 4.69) is 46.1 Å². The second kappa shape index (κ2) is 5.92. The lowest BCUT2D eigenvalue weighted by Crippen LogP contribution is -2.43. The number of hydrogen-bond donors (Lipinski definition) is 1. The predicted octanol–water partition coefficient (Wildman–Crippen LogP) is 2.71. The Morgan fingerprint density at radius 1 is 1.25 bits per heavy atom. The molecular weight excluding hydrogens is 320 g/mol. The number of nitrogens with one attached hydrogen (secondary N) is 1. The Bertz CT molecular complexity index is 499. The van der Waals surface area contributed by atoms with E-state index in [0.717, 1.165) is 48.7 Å². The highest BCUT2D eigenvalue weighted by atomic mass is 79.9. The van der Waals surface area contributed by atoms with Gasteiger partial charge >= 0.3 is 0 Å². The highest BCUT2D eigenvalue weighted by molar-refractivity contribution is 9.10. The molecule has 0 radical (unpaired) electrons. The molecule has 2 heterocycles. The fourth-order valence-corrected chi connectivity index (χ4v) is 3.54. The van der Waals surface area contributed by atoms with E-state index in [1.165, 1.54) is 11.1 Å². The molecule has 0 amide bonds. The number of hydrogen-bond acceptors (Lipinski definition) is 4. The quantitative estimate of drug-likeness (QED) is 0.917. The smallest absolute Gasteiger partial charge is 0.231 e. The summed E-state index contributed by atoms with van der Waals surface area (Å²) in [4.78, 5) is 2.49. The summed E-state index contributed by atoms with van der Waals surface area (Å²) in [6.45, 7) is 10.1. The van der Waals surface area contributed by atoms with E-state index in [1.54, 1.807) is 0 Å². The van der Waals surface area contributed by atoms with Crippen LogP contribution in [0.2, 0.25) is 0 Å². The van der Waals surface area contributed by atoms with E-state index in [-0.39, 0.29) is 0 Å². The summed E-state index contributed by atoms with van der Waals surface area (Å²) in [7, 11) is 0. The van der Waals surface area contributed by atoms with Crippen LogP contribution in [0.5, 0.6) is 11.5 Å². The van der Waals surface area contributed by atoms with Crippen LogP contribution in [0.25, 0.3) is 0 Å². The first-order chi connectivity index (χ1) is 9.66. The summed E-state index contributed by atoms with van der Waals surface area (Å²) in [5, 5.41) is 3.40. The summed E-state index contributed by atoms with van der Waals surface area (Å²) >= 11 is 3.61. The van der Waals surface area contributed by atoms with Crippen LogP contribution in [-0.2, 0) is 6.54 Å². The topological polar surface area (TPSA) is 33.7 Å². The second-order valence-electron chi connectivity index (χ2n) is 5.68. The lowest BCUT2D eigenvalue weighted by Gasteiger charge is -2.29. The highest BCUT2D eigenvalue weighted by Crippen LogP contribution is 2.46. The molecule has 1 fully saturated rings. The molecule has 1 N–H and O–H groups in total. The first-order valence-electron chi connectivity index (χ1n) is 7.20. The number of rotatable bonds is 3. The van der Waals surface area contributed by atoms with Crippen molar-refractivity contribution in [1.29, 1.82) is 0 Å². The molecule has 110 valence electrons. The molecule has 4 nitrogen and oxygen atoms in total. The van der Waals surface area contributed by atoms with Crippen molar-refractivity contribution in [1.82, 2.24) is 10.2 Å². The number of benzene rings is 1. The summed E-state index contributed by atoms with van der Waals surface area (Å²) in [6.07, 6.45) is 0. The predicted molar refractivity (Wildman–Crippen MR) is 82.5 cm³/mol. The monoisotopic (exact) mass is 340 g/mol. The number of nitrogens with zero attached hydrogens (tertiary/aromatic N) is 1. The summed E-state index contributed by atoms with van der Waals surface area (Å²) in [6, 6.07) is 2.20. The molecule has 0 aliphatic carbocycles. The van der Waals surface area contributed by atoms with Crippen molar-refractivity contribution in [3.8, 4) is 11.5 Å². The van der Waals surface area contributed by atoms with Crippen molar-refractivity contribution in [2.45, 2.75) is 26.3 Å². The van der Waals surface area contributed by atoms with Crippen LogP contribution in [0.15, 0.2) is 10.5 Å². The fraction of sp³-hybridized carbons (Fsp3) is 0.600. The molecule has 0 aromatic heterocycles. The van der Waals surface area contributed by atoms with E-state index in [9.17, 15) is 0 Å². The van der Waals surface area contributed by atoms with Gasteiger partial charge in [-0.3, -0.25) is 4.90 Å². The maximum absolute atomic E-state index is 5.72. The van der Waals surface area contributed by atoms with Gasteiger partial charge in [0.15, 0.2) is 11.5 Å². The van der Waals surface area contributed by atoms with Gasteiger partial charge in [0, 0.05) is 38.3 Å². The molecular formula is C15H21BrN2O2. The van der Waals surface area contributed by atoms with Gasteiger partial charge in [-0.2, -0.15) is 0 Å². The van der Waals surface area contributed by atoms with Gasteiger partial charge in [0.2, 0.25) is 6.79 Å². The van der Waals surface area contributed by atoms with Gasteiger partial charge in [-0.1, -0.05) is 13.8 Å². The summed E-state index contributed by atoms with van der Waals surface area (Å²) in [5.74, 6) is 2.22. The Morgan fingerprint density at radius 2 is 1.95 bits per heavy atom. The molecule has 0 bridgehead atoms. The van der Waals surface area contributed by atoms with Crippen molar-refractivity contribution in [3.05, 3.63) is 21.7 Å². The average molecular weight is 341 g/mol. The molecule has 5 heteroatoms. The van der Waals surface area contributed by atoms with Crippen LogP contribution in [0.4, 0.5) is 0 Å². The van der Waals surface area contributed by atoms with Gasteiger partial charge in [0.1, 0.15) is 0 Å². The fourth-order valence-electron chi connectivity index (χ4n) is 2.97. The van der Waals surface area contributed by atoms with Gasteiger partial charge in [-0.15, -0.1) is 0 Å². The number of halogens is 1. The molecule has 1 aromatic rings. The lowest BCUT2D eigenvalue weighted by molar-refractivity contribution is 0.172. The van der Waals surface area contributed by atoms with Crippen LogP contribution < -0.4 is 14.8 Å². The van der Waals surface area contributed by atoms with Gasteiger partial charge in [0.05, 0.1) is 4.47 Å². The number of piperazine rings is 1. The molecule has 1 aromatic carbocycles. The highest BCUT2D eigenvalue weighted by Gasteiger charge is 2.26. The van der Waals surface area contributed by atoms with Gasteiger partial charge in [-0.05, 0) is 33.5 Å². The van der Waals surface area contributed by atoms with Crippen molar-refractivity contribution < 1.29 is 9.47 Å². The number of fused-ring (bicyclic) bond motifs is 1. The normalized spacial score (nSPS) is 18.8. The van der Waals surface area contributed by atoms with Crippen LogP contribution in [-0.4, -0.2) is 37.9 Å². The first kappa shape index (κ1) is 14.2. The summed E-state index contributed by atoms with van der Waals surface area (Å²) in [5.41, 5.74) is 2.64. The average Bonchev–Trinajstić information content (AvgIpc) is 2.89. The van der Waals surface area contributed by atoms with Crippen LogP contribution in [0, 0.1) is 0 Å². The third-order valence-electron chi connectivity index (χ3n) is 3.90. The zero-order chi connectivity index (χ0) is 14.1. The Hall–Kier alpha value is -0.780. The van der Waals surface area contributed by atoms with E-state index < -0.39 is 0 Å². The van der Waals surface area contributed by atoms with Crippen LogP contribution in [0.3, 0.4) is 0 Å². The molecule has 2 aliphatic rings. The van der Waals surface area contributed by atoms with Gasteiger partial charge < -0.3 is 14.8 Å². The molecule has 0 unspecified atom stereocenters. The Labute approximate surface area is 128 Å². The third-order valence-corrected chi connectivity index (χ3v) is 4.49. The van der Waals surface area contributed by atoms with Gasteiger partial charge in [-0.25, -0.2) is 0 Å². The first-order valence-corrected chi connectivity index (χ1v) is 8.00. The van der Waals surface area contributed by atoms with Crippen LogP contribution in [0.1, 0.15) is 30.9 Å². The van der Waals surface area contributed by atoms with Crippen molar-refractivity contribution in [2.24, 2.45) is 0 Å². The minimum atomic E-state index is 0.324. The zero-order valence-electron chi connectivity index (χ0n) is 12.0. The molecule has 0 atom stereocenters. The number of ether oxygens (including phenoxy) is 2. The van der Waals surface area contributed by atoms with E-state index >= 15 is 0 Å². The molecule has 20 heavy (non-hydrogen) atoms. The molecule has 1 saturated heterocycles. The van der Waals surface area contributed by atoms with Gasteiger partial charge in [0.25, 0.3) is 0 Å². The standard InChI is InChI=1S/C15H21BrN2O2/c1-10(2)13-11(8-18-5-3-17-4-6-18)7-12(16)14-15(13)20-9-19-14/h7,10,17H,3-6,8-9H2,1-2H3. The largest absolute Gasteiger partial charge is 0.453 e. The Kier molecular flexibility index (Phi) is 4.19. The second-order valence-corrected chi connectivity index (χ2v) is 6.53. The van der Waals surface area contributed by atoms with E-state index in [1.807, 2.05) is 0 Å². The molecule has 3 rings (SSSR count). The molecule has 2 aliphatic heterocycles. The SMILES string of the molecule is CC(C)c1c(CN2CCNCC2)cc(Br)c2c1OCO2. The van der Waals surface area contributed by atoms with Crippen molar-refractivity contribution in [2.75, 3.05) is 33.0 Å². The van der Waals surface area contributed by atoms with E-state index in [0.29, 0.717) is 12.7 Å². The lowest BCUT2D eigenvalue weighted by atomic mass is 9.95. The van der Waals surface area contributed by atoms with Crippen LogP contribution >= 0.6 is 15.9 Å². The van der Waals surface area contributed by atoms with Crippen molar-refractivity contribution in [3.63, 3.8) is 0 Å². The van der Waals surface area contributed by atoms with Crippen molar-refractivity contribution >= 4 is 15.9 Å². The molecule has 0 saturated carbocycles. The minimum absolute atomic E-state index is 0.324. The molecule has 0 spiro atoms. The maximum atomic E-state index is 5.72. The third kappa shape index (κ3) is 2.67.